The molecule has 0 spiro atoms. The highest BCUT2D eigenvalue weighted by atomic mass is 16.9. The molecular formula is C11H20O4. The average Bonchev–Trinajstić information content (AvgIpc) is 2.29. The average molecular weight is 216 g/mol. The van der Waals surface area contributed by atoms with E-state index in [1.54, 1.807) is 21.3 Å². The number of ether oxygens (including phenoxy) is 3. The molecule has 0 unspecified atom stereocenters. The predicted octanol–water partition coefficient (Wildman–Crippen LogP) is 1.14. The Labute approximate surface area is 91.5 Å². The van der Waals surface area contributed by atoms with Gasteiger partial charge in [-0.05, 0) is 6.42 Å². The first-order valence-corrected chi connectivity index (χ1v) is 4.96. The first-order chi connectivity index (χ1) is 7.24. The van der Waals surface area contributed by atoms with Crippen molar-refractivity contribution in [1.29, 1.82) is 0 Å². The number of methoxy groups -OCH3 is 3. The van der Waals surface area contributed by atoms with E-state index in [2.05, 4.69) is 11.8 Å². The summed E-state index contributed by atoms with van der Waals surface area (Å²) in [7, 11) is 4.64. The van der Waals surface area contributed by atoms with E-state index >= 15 is 0 Å². The highest BCUT2D eigenvalue weighted by molar-refractivity contribution is 4.98. The number of aliphatic hydroxyl groups is 1. The molecule has 0 aromatic carbocycles. The van der Waals surface area contributed by atoms with Crippen LogP contribution in [0.15, 0.2) is 0 Å². The zero-order valence-corrected chi connectivity index (χ0v) is 9.71. The molecule has 0 radical (unpaired) electrons. The normalized spacial score (nSPS) is 10.9. The molecule has 0 heterocycles. The second-order valence-corrected chi connectivity index (χ2v) is 2.98. The molecular weight excluding hydrogens is 196 g/mol. The fourth-order valence-corrected chi connectivity index (χ4v) is 1.18. The smallest absolute Gasteiger partial charge is 0.282 e. The van der Waals surface area contributed by atoms with Gasteiger partial charge in [0.1, 0.15) is 0 Å². The molecule has 0 aliphatic carbocycles. The SMILES string of the molecule is COC(CCCC#CCCO)(OC)OC. The van der Waals surface area contributed by atoms with E-state index in [0.717, 1.165) is 12.8 Å². The molecule has 0 saturated carbocycles. The fourth-order valence-electron chi connectivity index (χ4n) is 1.18. The molecule has 0 aliphatic heterocycles. The molecule has 0 fully saturated rings. The first kappa shape index (κ1) is 14.4. The van der Waals surface area contributed by atoms with Gasteiger partial charge in [-0.15, -0.1) is 11.8 Å². The molecule has 0 bridgehead atoms. The number of hydrogen-bond acceptors (Lipinski definition) is 4. The summed E-state index contributed by atoms with van der Waals surface area (Å²) in [4.78, 5) is 0. The highest BCUT2D eigenvalue weighted by Gasteiger charge is 2.28. The minimum Gasteiger partial charge on any atom is -0.395 e. The molecule has 1 N–H and O–H groups in total. The summed E-state index contributed by atoms with van der Waals surface area (Å²) < 4.78 is 15.4. The monoisotopic (exact) mass is 216 g/mol. The van der Waals surface area contributed by atoms with Gasteiger partial charge < -0.3 is 19.3 Å². The van der Waals surface area contributed by atoms with Crippen molar-refractivity contribution in [2.45, 2.75) is 31.7 Å². The van der Waals surface area contributed by atoms with E-state index in [-0.39, 0.29) is 6.61 Å². The van der Waals surface area contributed by atoms with Gasteiger partial charge >= 0.3 is 0 Å². The van der Waals surface area contributed by atoms with Gasteiger partial charge in [-0.25, -0.2) is 0 Å². The molecule has 0 rings (SSSR count). The molecule has 4 heteroatoms. The Kier molecular flexibility index (Phi) is 8.34. The summed E-state index contributed by atoms with van der Waals surface area (Å²) >= 11 is 0. The molecule has 0 saturated heterocycles. The minimum atomic E-state index is -0.946. The Morgan fingerprint density at radius 3 is 2.00 bits per heavy atom. The Balaban J connectivity index is 3.78. The highest BCUT2D eigenvalue weighted by Crippen LogP contribution is 2.19. The van der Waals surface area contributed by atoms with Crippen molar-refractivity contribution in [3.05, 3.63) is 0 Å². The van der Waals surface area contributed by atoms with Crippen LogP contribution in [0, 0.1) is 11.8 Å². The third-order valence-electron chi connectivity index (χ3n) is 2.08. The lowest BCUT2D eigenvalue weighted by molar-refractivity contribution is -0.355. The number of rotatable bonds is 7. The molecule has 0 atom stereocenters. The van der Waals surface area contributed by atoms with Gasteiger partial charge in [0.25, 0.3) is 5.97 Å². The van der Waals surface area contributed by atoms with Gasteiger partial charge in [-0.2, -0.15) is 0 Å². The summed E-state index contributed by atoms with van der Waals surface area (Å²) in [6, 6.07) is 0. The Bertz CT molecular complexity index is 192. The van der Waals surface area contributed by atoms with Gasteiger partial charge in [0.15, 0.2) is 0 Å². The molecule has 4 nitrogen and oxygen atoms in total. The second kappa shape index (κ2) is 8.69. The van der Waals surface area contributed by atoms with Crippen LogP contribution in [0.2, 0.25) is 0 Å². The van der Waals surface area contributed by atoms with Crippen molar-refractivity contribution in [2.24, 2.45) is 0 Å². The standard InChI is InChI=1S/C11H20O4/c1-13-11(14-2,15-3)9-7-5-4-6-8-10-12/h12H,5,7-10H2,1-3H3. The topological polar surface area (TPSA) is 47.9 Å². The van der Waals surface area contributed by atoms with E-state index in [4.69, 9.17) is 19.3 Å². The summed E-state index contributed by atoms with van der Waals surface area (Å²) in [5, 5.41) is 8.50. The molecule has 15 heavy (non-hydrogen) atoms. The summed E-state index contributed by atoms with van der Waals surface area (Å²) in [5.74, 6) is 4.86. The van der Waals surface area contributed by atoms with Crippen molar-refractivity contribution in [1.82, 2.24) is 0 Å². The maximum atomic E-state index is 8.50. The van der Waals surface area contributed by atoms with Crippen LogP contribution in [0.25, 0.3) is 0 Å². The van der Waals surface area contributed by atoms with Crippen LogP contribution in [0.5, 0.6) is 0 Å². The number of aliphatic hydroxyl groups excluding tert-OH is 1. The van der Waals surface area contributed by atoms with Gasteiger partial charge in [0.05, 0.1) is 6.61 Å². The van der Waals surface area contributed by atoms with Crippen LogP contribution in [0.1, 0.15) is 25.7 Å². The lowest BCUT2D eigenvalue weighted by atomic mass is 10.2. The molecule has 0 aromatic heterocycles. The number of unbranched alkanes of at least 4 members (excludes halogenated alkanes) is 1. The Morgan fingerprint density at radius 1 is 1.00 bits per heavy atom. The third-order valence-corrected chi connectivity index (χ3v) is 2.08. The van der Waals surface area contributed by atoms with E-state index in [1.807, 2.05) is 0 Å². The number of hydrogen-bond donors (Lipinski definition) is 1. The predicted molar refractivity (Wildman–Crippen MR) is 57.1 cm³/mol. The Hall–Kier alpha value is -0.600. The van der Waals surface area contributed by atoms with Gasteiger partial charge in [-0.1, -0.05) is 0 Å². The van der Waals surface area contributed by atoms with E-state index in [0.29, 0.717) is 12.8 Å². The maximum Gasteiger partial charge on any atom is 0.282 e. The van der Waals surface area contributed by atoms with Crippen molar-refractivity contribution in [3.63, 3.8) is 0 Å². The zero-order valence-electron chi connectivity index (χ0n) is 9.71. The zero-order chi connectivity index (χ0) is 11.6. The van der Waals surface area contributed by atoms with Crippen LogP contribution in [0.4, 0.5) is 0 Å². The first-order valence-electron chi connectivity index (χ1n) is 4.96. The molecule has 0 aliphatic rings. The largest absolute Gasteiger partial charge is 0.395 e. The minimum absolute atomic E-state index is 0.116. The van der Waals surface area contributed by atoms with Gasteiger partial charge in [-0.3, -0.25) is 0 Å². The summed E-state index contributed by atoms with van der Waals surface area (Å²) in [6.07, 6.45) is 2.74. The lowest BCUT2D eigenvalue weighted by Gasteiger charge is -2.28. The molecule has 0 amide bonds. The Morgan fingerprint density at radius 2 is 1.53 bits per heavy atom. The lowest BCUT2D eigenvalue weighted by Crippen LogP contribution is -2.35. The van der Waals surface area contributed by atoms with Crippen LogP contribution in [-0.2, 0) is 14.2 Å². The molecule has 88 valence electrons. The van der Waals surface area contributed by atoms with E-state index in [9.17, 15) is 0 Å². The third kappa shape index (κ3) is 5.75. The van der Waals surface area contributed by atoms with Crippen molar-refractivity contribution < 1.29 is 19.3 Å². The summed E-state index contributed by atoms with van der Waals surface area (Å²) in [5.41, 5.74) is 0. The fraction of sp³-hybridized carbons (Fsp3) is 0.818. The van der Waals surface area contributed by atoms with Gasteiger partial charge in [0.2, 0.25) is 0 Å². The van der Waals surface area contributed by atoms with E-state index < -0.39 is 5.97 Å². The second-order valence-electron chi connectivity index (χ2n) is 2.98. The quantitative estimate of drug-likeness (QED) is 0.394. The van der Waals surface area contributed by atoms with Crippen LogP contribution < -0.4 is 0 Å². The van der Waals surface area contributed by atoms with Crippen LogP contribution >= 0.6 is 0 Å². The van der Waals surface area contributed by atoms with Crippen molar-refractivity contribution in [2.75, 3.05) is 27.9 Å². The van der Waals surface area contributed by atoms with Crippen molar-refractivity contribution >= 4 is 0 Å². The van der Waals surface area contributed by atoms with Crippen LogP contribution in [-0.4, -0.2) is 39.0 Å². The summed E-state index contributed by atoms with van der Waals surface area (Å²) in [6.45, 7) is 0.116. The van der Waals surface area contributed by atoms with Crippen LogP contribution in [0.3, 0.4) is 0 Å². The van der Waals surface area contributed by atoms with E-state index in [1.165, 1.54) is 0 Å². The maximum absolute atomic E-state index is 8.50. The van der Waals surface area contributed by atoms with Crippen molar-refractivity contribution in [3.8, 4) is 11.8 Å². The molecule has 0 aromatic rings. The van der Waals surface area contributed by atoms with Gasteiger partial charge in [0, 0.05) is 40.6 Å².